The summed E-state index contributed by atoms with van der Waals surface area (Å²) in [6, 6.07) is 14.5. The van der Waals surface area contributed by atoms with Gasteiger partial charge >= 0.3 is 0 Å². The molecule has 0 bridgehead atoms. The zero-order chi connectivity index (χ0) is 23.7. The molecule has 1 saturated heterocycles. The van der Waals surface area contributed by atoms with Crippen molar-refractivity contribution in [2.24, 2.45) is 0 Å². The Bertz CT molecular complexity index is 1390. The SMILES string of the molecule is C[C@@H](NC(=O)Cc1n[nH]c(=O)c2ccccc12)C(=O)N1CCC(c2nc3ccccc3s2)CC1. The number of hydrogen-bond donors (Lipinski definition) is 2. The average Bonchev–Trinajstić information content (AvgIpc) is 3.30. The number of likely N-dealkylation sites (tertiary alicyclic amines) is 1. The summed E-state index contributed by atoms with van der Waals surface area (Å²) in [6.45, 7) is 3.00. The van der Waals surface area contributed by atoms with Crippen LogP contribution >= 0.6 is 11.3 Å². The minimum Gasteiger partial charge on any atom is -0.344 e. The van der Waals surface area contributed by atoms with E-state index in [9.17, 15) is 14.4 Å². The van der Waals surface area contributed by atoms with E-state index < -0.39 is 6.04 Å². The fraction of sp³-hybridized carbons (Fsp3) is 0.320. The van der Waals surface area contributed by atoms with Crippen molar-refractivity contribution in [3.8, 4) is 0 Å². The van der Waals surface area contributed by atoms with E-state index in [1.807, 2.05) is 23.1 Å². The van der Waals surface area contributed by atoms with Crippen molar-refractivity contribution in [1.29, 1.82) is 0 Å². The number of fused-ring (bicyclic) bond motifs is 2. The minimum absolute atomic E-state index is 0.0193. The fourth-order valence-corrected chi connectivity index (χ4v) is 5.63. The molecule has 174 valence electrons. The van der Waals surface area contributed by atoms with Gasteiger partial charge in [0, 0.05) is 24.4 Å². The summed E-state index contributed by atoms with van der Waals surface area (Å²) in [5.41, 5.74) is 1.21. The second-order valence-corrected chi connectivity index (χ2v) is 9.69. The predicted molar refractivity (Wildman–Crippen MR) is 132 cm³/mol. The van der Waals surface area contributed by atoms with Crippen LogP contribution in [0.4, 0.5) is 0 Å². The van der Waals surface area contributed by atoms with Crippen molar-refractivity contribution in [1.82, 2.24) is 25.4 Å². The van der Waals surface area contributed by atoms with Gasteiger partial charge in [0.2, 0.25) is 11.8 Å². The van der Waals surface area contributed by atoms with Crippen LogP contribution in [0.1, 0.15) is 36.4 Å². The van der Waals surface area contributed by atoms with Crippen LogP contribution in [0.15, 0.2) is 53.3 Å². The van der Waals surface area contributed by atoms with Crippen LogP contribution in [0, 0.1) is 0 Å². The number of nitrogens with one attached hydrogen (secondary N) is 2. The van der Waals surface area contributed by atoms with E-state index >= 15 is 0 Å². The van der Waals surface area contributed by atoms with Crippen LogP contribution in [0.3, 0.4) is 0 Å². The molecule has 2 aromatic heterocycles. The lowest BCUT2D eigenvalue weighted by atomic mass is 9.97. The normalized spacial score (nSPS) is 15.5. The maximum atomic E-state index is 13.0. The number of nitrogens with zero attached hydrogens (tertiary/aromatic N) is 3. The Balaban J connectivity index is 1.18. The number of carbonyl (C=O) groups is 2. The molecule has 2 N–H and O–H groups in total. The summed E-state index contributed by atoms with van der Waals surface area (Å²) >= 11 is 1.73. The molecule has 1 aliphatic rings. The quantitative estimate of drug-likeness (QED) is 0.461. The lowest BCUT2D eigenvalue weighted by molar-refractivity contribution is -0.136. The molecule has 2 amide bonds. The molecule has 0 radical (unpaired) electrons. The van der Waals surface area contributed by atoms with E-state index in [0.717, 1.165) is 23.4 Å². The maximum Gasteiger partial charge on any atom is 0.272 e. The molecular weight excluding hydrogens is 450 g/mol. The molecule has 0 aliphatic carbocycles. The minimum atomic E-state index is -0.638. The summed E-state index contributed by atoms with van der Waals surface area (Å²) in [4.78, 5) is 44.1. The van der Waals surface area contributed by atoms with Crippen molar-refractivity contribution in [3.05, 3.63) is 69.6 Å². The Morgan fingerprint density at radius 2 is 1.82 bits per heavy atom. The van der Waals surface area contributed by atoms with E-state index in [1.165, 1.54) is 4.70 Å². The highest BCUT2D eigenvalue weighted by molar-refractivity contribution is 7.18. The van der Waals surface area contributed by atoms with Crippen molar-refractivity contribution < 1.29 is 9.59 Å². The first kappa shape index (κ1) is 22.2. The van der Waals surface area contributed by atoms with Gasteiger partial charge in [-0.25, -0.2) is 10.1 Å². The van der Waals surface area contributed by atoms with Gasteiger partial charge in [-0.15, -0.1) is 11.3 Å². The number of aromatic nitrogens is 3. The Morgan fingerprint density at radius 3 is 2.59 bits per heavy atom. The first-order chi connectivity index (χ1) is 16.5. The van der Waals surface area contributed by atoms with Crippen molar-refractivity contribution in [3.63, 3.8) is 0 Å². The summed E-state index contributed by atoms with van der Waals surface area (Å²) in [5.74, 6) is -0.0451. The Hall–Kier alpha value is -3.59. The second kappa shape index (κ2) is 9.34. The smallest absolute Gasteiger partial charge is 0.272 e. The molecule has 3 heterocycles. The van der Waals surface area contributed by atoms with Crippen LogP contribution in [0.25, 0.3) is 21.0 Å². The molecule has 9 heteroatoms. The van der Waals surface area contributed by atoms with Gasteiger partial charge in [-0.3, -0.25) is 14.4 Å². The van der Waals surface area contributed by atoms with E-state index in [4.69, 9.17) is 4.98 Å². The van der Waals surface area contributed by atoms with Crippen LogP contribution in [-0.2, 0) is 16.0 Å². The average molecular weight is 476 g/mol. The van der Waals surface area contributed by atoms with E-state index in [1.54, 1.807) is 42.5 Å². The molecule has 2 aromatic carbocycles. The predicted octanol–water partition coefficient (Wildman–Crippen LogP) is 2.99. The van der Waals surface area contributed by atoms with Crippen LogP contribution in [-0.4, -0.2) is 51.0 Å². The third-order valence-corrected chi connectivity index (χ3v) is 7.52. The lowest BCUT2D eigenvalue weighted by Gasteiger charge is -2.33. The molecule has 1 fully saturated rings. The number of benzene rings is 2. The third kappa shape index (κ3) is 4.43. The number of para-hydroxylation sites is 1. The third-order valence-electron chi connectivity index (χ3n) is 6.32. The lowest BCUT2D eigenvalue weighted by Crippen LogP contribution is -2.49. The first-order valence-electron chi connectivity index (χ1n) is 11.4. The molecule has 1 aliphatic heterocycles. The number of thiazole rings is 1. The van der Waals surface area contributed by atoms with E-state index in [0.29, 0.717) is 35.5 Å². The number of hydrogen-bond acceptors (Lipinski definition) is 6. The van der Waals surface area contributed by atoms with Gasteiger partial charge in [0.05, 0.1) is 32.7 Å². The fourth-order valence-electron chi connectivity index (χ4n) is 4.50. The summed E-state index contributed by atoms with van der Waals surface area (Å²) in [6.07, 6.45) is 1.70. The summed E-state index contributed by atoms with van der Waals surface area (Å²) in [7, 11) is 0. The Morgan fingerprint density at radius 1 is 1.12 bits per heavy atom. The number of amides is 2. The summed E-state index contributed by atoms with van der Waals surface area (Å²) in [5, 5.41) is 11.5. The highest BCUT2D eigenvalue weighted by Gasteiger charge is 2.29. The highest BCUT2D eigenvalue weighted by Crippen LogP contribution is 2.33. The van der Waals surface area contributed by atoms with Gasteiger partial charge in [0.25, 0.3) is 5.56 Å². The van der Waals surface area contributed by atoms with Crippen molar-refractivity contribution in [2.45, 2.75) is 38.1 Å². The maximum absolute atomic E-state index is 13.0. The van der Waals surface area contributed by atoms with E-state index in [-0.39, 0.29) is 23.8 Å². The monoisotopic (exact) mass is 475 g/mol. The number of carbonyl (C=O) groups excluding carboxylic acids is 2. The summed E-state index contributed by atoms with van der Waals surface area (Å²) < 4.78 is 1.19. The Kier molecular flexibility index (Phi) is 6.10. The van der Waals surface area contributed by atoms with Gasteiger partial charge in [-0.1, -0.05) is 30.3 Å². The first-order valence-corrected chi connectivity index (χ1v) is 12.2. The molecule has 0 saturated carbocycles. The largest absolute Gasteiger partial charge is 0.344 e. The number of rotatable bonds is 5. The van der Waals surface area contributed by atoms with Crippen LogP contribution in [0.2, 0.25) is 0 Å². The van der Waals surface area contributed by atoms with Crippen LogP contribution < -0.4 is 10.9 Å². The molecule has 0 spiro atoms. The van der Waals surface area contributed by atoms with Gasteiger partial charge in [0.15, 0.2) is 0 Å². The van der Waals surface area contributed by atoms with Gasteiger partial charge in [-0.05, 0) is 38.0 Å². The van der Waals surface area contributed by atoms with Crippen molar-refractivity contribution in [2.75, 3.05) is 13.1 Å². The number of piperidine rings is 1. The van der Waals surface area contributed by atoms with Crippen LogP contribution in [0.5, 0.6) is 0 Å². The molecule has 5 rings (SSSR count). The molecule has 0 unspecified atom stereocenters. The van der Waals surface area contributed by atoms with Gasteiger partial charge < -0.3 is 10.2 Å². The Labute approximate surface area is 200 Å². The number of H-pyrrole nitrogens is 1. The zero-order valence-corrected chi connectivity index (χ0v) is 19.6. The molecule has 34 heavy (non-hydrogen) atoms. The standard InChI is InChI=1S/C25H25N5O3S/c1-15(26-22(31)14-20-17-6-2-3-7-18(17)23(32)29-28-20)25(33)30-12-10-16(11-13-30)24-27-19-8-4-5-9-21(19)34-24/h2-9,15-16H,10-14H2,1H3,(H,26,31)(H,29,32)/t15-/m1/s1. The zero-order valence-electron chi connectivity index (χ0n) is 18.8. The number of aromatic amines is 1. The molecule has 1 atom stereocenters. The van der Waals surface area contributed by atoms with Gasteiger partial charge in [-0.2, -0.15) is 5.10 Å². The van der Waals surface area contributed by atoms with Gasteiger partial charge in [0.1, 0.15) is 6.04 Å². The molecular formula is C25H25N5O3S. The van der Waals surface area contributed by atoms with E-state index in [2.05, 4.69) is 21.6 Å². The molecule has 4 aromatic rings. The molecule has 8 nitrogen and oxygen atoms in total. The van der Waals surface area contributed by atoms with Crippen molar-refractivity contribution >= 4 is 44.1 Å². The second-order valence-electron chi connectivity index (χ2n) is 8.63. The topological polar surface area (TPSA) is 108 Å². The highest BCUT2D eigenvalue weighted by atomic mass is 32.1.